The lowest BCUT2D eigenvalue weighted by Gasteiger charge is -2.42. The van der Waals surface area contributed by atoms with E-state index in [1.54, 1.807) is 14.2 Å². The molecule has 2 N–H and O–H groups in total. The molecule has 1 atom stereocenters. The Hall–Kier alpha value is -1.30. The number of hydrogen-bond acceptors (Lipinski definition) is 8. The van der Waals surface area contributed by atoms with E-state index in [1.165, 1.54) is 37.9 Å². The minimum atomic E-state index is -0.644. The largest absolute Gasteiger partial charge is 0.370 e. The summed E-state index contributed by atoms with van der Waals surface area (Å²) < 4.78 is 20.4. The van der Waals surface area contributed by atoms with E-state index in [2.05, 4.69) is 10.6 Å². The van der Waals surface area contributed by atoms with Gasteiger partial charge >= 0.3 is 0 Å². The fraction of sp³-hybridized carbons (Fsp3) is 0.867. The molecule has 0 aliphatic carbocycles. The molecule has 0 saturated carbocycles. The smallest absolute Gasteiger partial charge is 0.222 e. The van der Waals surface area contributed by atoms with E-state index in [0.717, 1.165) is 0 Å². The van der Waals surface area contributed by atoms with Crippen LogP contribution in [0.2, 0.25) is 0 Å². The summed E-state index contributed by atoms with van der Waals surface area (Å²) in [5.41, 5.74) is 0. The number of hydrogen-bond donors (Lipinski definition) is 2. The Balaban J connectivity index is 5.69. The lowest BCUT2D eigenvalue weighted by Crippen LogP contribution is -2.64. The summed E-state index contributed by atoms with van der Waals surface area (Å²) in [7, 11) is 6.10. The number of rotatable bonds is 14. The van der Waals surface area contributed by atoms with Gasteiger partial charge in [-0.2, -0.15) is 0 Å². The van der Waals surface area contributed by atoms with Gasteiger partial charge in [0, 0.05) is 48.8 Å². The van der Waals surface area contributed by atoms with Gasteiger partial charge < -0.3 is 18.9 Å². The topological polar surface area (TPSA) is 102 Å². The van der Waals surface area contributed by atoms with Crippen molar-refractivity contribution in [3.63, 3.8) is 0 Å². The van der Waals surface area contributed by atoms with Crippen molar-refractivity contribution >= 4 is 11.8 Å². The Labute approximate surface area is 149 Å². The average molecular weight is 364 g/mol. The number of ether oxygens (including phenoxy) is 4. The van der Waals surface area contributed by atoms with Gasteiger partial charge in [0.1, 0.15) is 19.6 Å². The molecule has 0 radical (unpaired) electrons. The third-order valence-corrected chi connectivity index (χ3v) is 3.44. The Bertz CT molecular complexity index is 361. The zero-order valence-electron chi connectivity index (χ0n) is 16.0. The Kier molecular flexibility index (Phi) is 13.2. The maximum absolute atomic E-state index is 12.2. The van der Waals surface area contributed by atoms with Crippen LogP contribution >= 0.6 is 0 Å². The molecule has 0 fully saturated rings. The van der Waals surface area contributed by atoms with E-state index < -0.39 is 6.17 Å². The first kappa shape index (κ1) is 23.7. The van der Waals surface area contributed by atoms with Crippen molar-refractivity contribution in [2.24, 2.45) is 0 Å². The van der Waals surface area contributed by atoms with Crippen LogP contribution in [0.25, 0.3) is 0 Å². The highest BCUT2D eigenvalue weighted by Crippen LogP contribution is 2.13. The van der Waals surface area contributed by atoms with E-state index in [1.807, 2.05) is 0 Å². The van der Waals surface area contributed by atoms with Gasteiger partial charge in [-0.15, -0.1) is 0 Å². The van der Waals surface area contributed by atoms with Crippen LogP contribution < -0.4 is 10.6 Å². The molecular formula is C15H32N4O6. The highest BCUT2D eigenvalue weighted by atomic mass is 16.5. The van der Waals surface area contributed by atoms with Crippen LogP contribution in [0, 0.1) is 0 Å². The first-order chi connectivity index (χ1) is 11.9. The van der Waals surface area contributed by atoms with Gasteiger partial charge in [0.2, 0.25) is 11.8 Å². The summed E-state index contributed by atoms with van der Waals surface area (Å²) in [6.45, 7) is 3.90. The summed E-state index contributed by atoms with van der Waals surface area (Å²) in [4.78, 5) is 27.3. The predicted octanol–water partition coefficient (Wildman–Crippen LogP) is -1.03. The highest BCUT2D eigenvalue weighted by molar-refractivity contribution is 5.76. The molecule has 148 valence electrons. The highest BCUT2D eigenvalue weighted by Gasteiger charge is 2.35. The normalized spacial score (nSPS) is 12.3. The molecule has 2 amide bonds. The summed E-state index contributed by atoms with van der Waals surface area (Å²) >= 11 is 0. The molecule has 0 rings (SSSR count). The summed E-state index contributed by atoms with van der Waals surface area (Å²) in [5.74, 6) is -0.463. The first-order valence-electron chi connectivity index (χ1n) is 7.88. The van der Waals surface area contributed by atoms with Crippen molar-refractivity contribution in [3.8, 4) is 0 Å². The number of carbonyl (C=O) groups is 2. The minimum Gasteiger partial charge on any atom is -0.370 e. The summed E-state index contributed by atoms with van der Waals surface area (Å²) in [6.07, 6.45) is -0.644. The molecule has 0 aromatic rings. The summed E-state index contributed by atoms with van der Waals surface area (Å²) in [6, 6.07) is -0.354. The number of carbonyl (C=O) groups excluding carboxylic acids is 2. The Morgan fingerprint density at radius 3 is 1.68 bits per heavy atom. The number of amides is 2. The lowest BCUT2D eigenvalue weighted by atomic mass is 10.1. The van der Waals surface area contributed by atoms with E-state index in [0.29, 0.717) is 13.3 Å². The van der Waals surface area contributed by atoms with Crippen molar-refractivity contribution in [3.05, 3.63) is 0 Å². The molecule has 10 nitrogen and oxygen atoms in total. The third kappa shape index (κ3) is 8.56. The van der Waals surface area contributed by atoms with Crippen molar-refractivity contribution in [1.29, 1.82) is 0 Å². The number of methoxy groups -OCH3 is 4. The maximum atomic E-state index is 12.2. The van der Waals surface area contributed by atoms with Gasteiger partial charge in [-0.25, -0.2) is 0 Å². The number of nitrogens with one attached hydrogen (secondary N) is 2. The molecule has 0 aliphatic rings. The van der Waals surface area contributed by atoms with Gasteiger partial charge in [-0.05, 0) is 0 Å². The van der Waals surface area contributed by atoms with Gasteiger partial charge in [-0.3, -0.25) is 30.0 Å². The van der Waals surface area contributed by atoms with Crippen LogP contribution in [0.15, 0.2) is 0 Å². The standard InChI is InChI=1S/C15H32N4O6/c1-12(20)18(10-24-5)15(19(11-25-6)13(2)21)14(17-9-23-4)7-16-8-22-3/h14-17H,7-11H2,1-6H3. The Morgan fingerprint density at radius 2 is 1.32 bits per heavy atom. The second-order valence-corrected chi connectivity index (χ2v) is 5.36. The van der Waals surface area contributed by atoms with Crippen LogP contribution in [0.3, 0.4) is 0 Å². The van der Waals surface area contributed by atoms with E-state index in [-0.39, 0.29) is 38.0 Å². The molecule has 0 aromatic carbocycles. The van der Waals surface area contributed by atoms with Crippen molar-refractivity contribution in [2.45, 2.75) is 26.1 Å². The molecule has 0 aliphatic heterocycles. The molecule has 0 heterocycles. The fourth-order valence-electron chi connectivity index (χ4n) is 2.38. The van der Waals surface area contributed by atoms with Crippen LogP contribution in [0.4, 0.5) is 0 Å². The van der Waals surface area contributed by atoms with Gasteiger partial charge in [-0.1, -0.05) is 0 Å². The van der Waals surface area contributed by atoms with Crippen LogP contribution in [-0.2, 0) is 28.5 Å². The first-order valence-corrected chi connectivity index (χ1v) is 7.88. The molecule has 10 heteroatoms. The average Bonchev–Trinajstić information content (AvgIpc) is 2.57. The third-order valence-electron chi connectivity index (χ3n) is 3.44. The molecule has 0 saturated heterocycles. The van der Waals surface area contributed by atoms with E-state index in [4.69, 9.17) is 18.9 Å². The molecule has 0 spiro atoms. The van der Waals surface area contributed by atoms with Crippen molar-refractivity contribution < 1.29 is 28.5 Å². The van der Waals surface area contributed by atoms with Gasteiger partial charge in [0.25, 0.3) is 0 Å². The fourth-order valence-corrected chi connectivity index (χ4v) is 2.38. The zero-order chi connectivity index (χ0) is 19.2. The molecule has 1 unspecified atom stereocenters. The molecule has 0 aromatic heterocycles. The maximum Gasteiger partial charge on any atom is 0.222 e. The molecular weight excluding hydrogens is 332 g/mol. The van der Waals surface area contributed by atoms with Crippen molar-refractivity contribution in [2.75, 3.05) is 61.9 Å². The minimum absolute atomic E-state index is 0.0307. The SMILES string of the molecule is COCNCC(NCOC)C(N(COC)C(C)=O)N(COC)C(C)=O. The Morgan fingerprint density at radius 1 is 0.840 bits per heavy atom. The zero-order valence-corrected chi connectivity index (χ0v) is 16.0. The van der Waals surface area contributed by atoms with Crippen LogP contribution in [0.5, 0.6) is 0 Å². The molecule has 0 bridgehead atoms. The quantitative estimate of drug-likeness (QED) is 0.298. The molecule has 25 heavy (non-hydrogen) atoms. The van der Waals surface area contributed by atoms with E-state index in [9.17, 15) is 9.59 Å². The van der Waals surface area contributed by atoms with E-state index >= 15 is 0 Å². The second kappa shape index (κ2) is 13.9. The van der Waals surface area contributed by atoms with Crippen LogP contribution in [0.1, 0.15) is 13.8 Å². The van der Waals surface area contributed by atoms with Gasteiger partial charge in [0.15, 0.2) is 0 Å². The van der Waals surface area contributed by atoms with Crippen molar-refractivity contribution in [1.82, 2.24) is 20.4 Å². The van der Waals surface area contributed by atoms with Crippen LogP contribution in [-0.4, -0.2) is 95.7 Å². The summed E-state index contributed by atoms with van der Waals surface area (Å²) in [5, 5.41) is 6.28. The second-order valence-electron chi connectivity index (χ2n) is 5.36. The monoisotopic (exact) mass is 364 g/mol. The predicted molar refractivity (Wildman–Crippen MR) is 91.3 cm³/mol. The lowest BCUT2D eigenvalue weighted by molar-refractivity contribution is -0.159. The number of nitrogens with zero attached hydrogens (tertiary/aromatic N) is 2. The van der Waals surface area contributed by atoms with Gasteiger partial charge in [0.05, 0.1) is 19.5 Å².